The van der Waals surface area contributed by atoms with Gasteiger partial charge >= 0.3 is 0 Å². The number of Topliss-reactive ketones (excluding diaryl/α,β-unsaturated/α-hetero) is 2. The molecule has 1 aromatic carbocycles. The van der Waals surface area contributed by atoms with Gasteiger partial charge in [-0.05, 0) is 40.2 Å². The van der Waals surface area contributed by atoms with E-state index in [1.54, 1.807) is 6.08 Å². The number of aromatic hydroxyl groups is 2. The third-order valence-electron chi connectivity index (χ3n) is 7.37. The summed E-state index contributed by atoms with van der Waals surface area (Å²) in [6.07, 6.45) is 4.00. The number of ether oxygens (including phenoxy) is 3. The summed E-state index contributed by atoms with van der Waals surface area (Å²) in [7, 11) is 1.46. The molecule has 31 heavy (non-hydrogen) atoms. The molecule has 4 bridgehead atoms. The van der Waals surface area contributed by atoms with Crippen LogP contribution in [0.2, 0.25) is 0 Å². The summed E-state index contributed by atoms with van der Waals surface area (Å²) >= 11 is 0. The Hall–Kier alpha value is -2.64. The van der Waals surface area contributed by atoms with Gasteiger partial charge in [0.25, 0.3) is 0 Å². The molecular weight excluding hydrogens is 400 g/mol. The van der Waals surface area contributed by atoms with Crippen molar-refractivity contribution in [3.05, 3.63) is 41.0 Å². The third kappa shape index (κ3) is 2.16. The van der Waals surface area contributed by atoms with Gasteiger partial charge in [-0.1, -0.05) is 11.6 Å². The van der Waals surface area contributed by atoms with Crippen molar-refractivity contribution >= 4 is 11.6 Å². The lowest BCUT2D eigenvalue weighted by Crippen LogP contribution is -2.77. The highest BCUT2D eigenvalue weighted by Crippen LogP contribution is 2.69. The van der Waals surface area contributed by atoms with Crippen LogP contribution in [0.4, 0.5) is 0 Å². The van der Waals surface area contributed by atoms with Crippen LogP contribution in [-0.4, -0.2) is 51.3 Å². The van der Waals surface area contributed by atoms with Crippen molar-refractivity contribution < 1.29 is 34.0 Å². The zero-order valence-corrected chi connectivity index (χ0v) is 18.2. The fraction of sp³-hybridized carbons (Fsp3) is 0.500. The largest absolute Gasteiger partial charge is 0.508 e. The number of methoxy groups -OCH3 is 1. The molecule has 2 fully saturated rings. The minimum atomic E-state index is -1.48. The highest BCUT2D eigenvalue weighted by Gasteiger charge is 2.84. The third-order valence-corrected chi connectivity index (χ3v) is 7.37. The van der Waals surface area contributed by atoms with Gasteiger partial charge in [0.15, 0.2) is 17.0 Å². The summed E-state index contributed by atoms with van der Waals surface area (Å²) in [5, 5.41) is 20.4. The molecule has 0 unspecified atom stereocenters. The second kappa shape index (κ2) is 5.78. The van der Waals surface area contributed by atoms with Crippen LogP contribution in [0.25, 0.3) is 0 Å². The molecule has 0 radical (unpaired) electrons. The molecule has 164 valence electrons. The fourth-order valence-corrected chi connectivity index (χ4v) is 6.09. The summed E-state index contributed by atoms with van der Waals surface area (Å²) in [5.74, 6) is -1.65. The summed E-state index contributed by atoms with van der Waals surface area (Å²) in [4.78, 5) is 27.7. The van der Waals surface area contributed by atoms with Crippen molar-refractivity contribution in [1.82, 2.24) is 0 Å². The van der Waals surface area contributed by atoms with Crippen LogP contribution < -0.4 is 4.74 Å². The van der Waals surface area contributed by atoms with Gasteiger partial charge in [0.2, 0.25) is 5.78 Å². The molecule has 5 aliphatic rings. The number of hydrogen-bond donors (Lipinski definition) is 2. The van der Waals surface area contributed by atoms with E-state index in [2.05, 4.69) is 0 Å². The Labute approximate surface area is 180 Å². The predicted molar refractivity (Wildman–Crippen MR) is 110 cm³/mol. The van der Waals surface area contributed by atoms with Gasteiger partial charge in [-0.2, -0.15) is 0 Å². The molecule has 0 aromatic heterocycles. The Kier molecular flexibility index (Phi) is 3.78. The highest BCUT2D eigenvalue weighted by atomic mass is 16.6. The number of fused-ring (bicyclic) bond motifs is 1. The first kappa shape index (κ1) is 20.3. The molecule has 1 aromatic rings. The van der Waals surface area contributed by atoms with Gasteiger partial charge in [0, 0.05) is 37.2 Å². The van der Waals surface area contributed by atoms with Crippen LogP contribution in [0, 0.1) is 5.92 Å². The van der Waals surface area contributed by atoms with Crippen molar-refractivity contribution in [3.8, 4) is 17.2 Å². The van der Waals surface area contributed by atoms with Crippen LogP contribution in [0.1, 0.15) is 50.9 Å². The first-order chi connectivity index (χ1) is 14.4. The Morgan fingerprint density at radius 3 is 2.61 bits per heavy atom. The summed E-state index contributed by atoms with van der Waals surface area (Å²) in [6.45, 7) is 7.65. The minimum Gasteiger partial charge on any atom is -0.508 e. The zero-order valence-electron chi connectivity index (χ0n) is 18.2. The van der Waals surface area contributed by atoms with E-state index in [1.807, 2.05) is 33.8 Å². The lowest BCUT2D eigenvalue weighted by Gasteiger charge is -2.59. The quantitative estimate of drug-likeness (QED) is 0.716. The number of allylic oxidation sites excluding steroid dienone is 1. The predicted octanol–water partition coefficient (Wildman–Crippen LogP) is 3.23. The number of phenolic OH excluding ortho intramolecular Hbond substituents is 2. The van der Waals surface area contributed by atoms with E-state index in [1.165, 1.54) is 13.2 Å². The maximum Gasteiger partial charge on any atom is 0.205 e. The van der Waals surface area contributed by atoms with E-state index in [4.69, 9.17) is 14.2 Å². The number of hydrogen-bond acceptors (Lipinski definition) is 7. The highest BCUT2D eigenvalue weighted by molar-refractivity contribution is 6.19. The van der Waals surface area contributed by atoms with Gasteiger partial charge in [0.05, 0.1) is 5.60 Å². The van der Waals surface area contributed by atoms with Crippen molar-refractivity contribution in [1.29, 1.82) is 0 Å². The minimum absolute atomic E-state index is 0.0319. The Morgan fingerprint density at radius 1 is 1.26 bits per heavy atom. The first-order valence-corrected chi connectivity index (χ1v) is 10.4. The second-order valence-corrected chi connectivity index (χ2v) is 9.76. The van der Waals surface area contributed by atoms with Crippen molar-refractivity contribution in [2.45, 2.75) is 62.9 Å². The van der Waals surface area contributed by atoms with E-state index in [-0.39, 0.29) is 46.5 Å². The first-order valence-electron chi connectivity index (χ1n) is 10.4. The van der Waals surface area contributed by atoms with E-state index >= 15 is 0 Å². The van der Waals surface area contributed by atoms with Gasteiger partial charge in [0.1, 0.15) is 28.4 Å². The monoisotopic (exact) mass is 426 g/mol. The standard InChI is InChI=1S/C24H26O7/c1-12(2)6-7-23-20(28)22(29-5)10-14-19(27)18-15(26)8-13(25)9-16(18)30-24(14,23)17(11-22)21(3,4)31-23/h6,8-10,17,25-26H,7,11H2,1-5H3/t17-,22-,23-,24+/m1/s1. The smallest absolute Gasteiger partial charge is 0.205 e. The molecule has 3 aliphatic carbocycles. The van der Waals surface area contributed by atoms with Crippen molar-refractivity contribution in [2.24, 2.45) is 5.92 Å². The van der Waals surface area contributed by atoms with Gasteiger partial charge < -0.3 is 24.4 Å². The van der Waals surface area contributed by atoms with E-state index < -0.39 is 28.2 Å². The molecule has 1 saturated heterocycles. The molecule has 2 N–H and O–H groups in total. The van der Waals surface area contributed by atoms with Crippen LogP contribution >= 0.6 is 0 Å². The lowest BCUT2D eigenvalue weighted by atomic mass is 9.49. The maximum atomic E-state index is 14.0. The molecule has 2 aliphatic heterocycles. The Balaban J connectivity index is 1.87. The average Bonchev–Trinajstić information content (AvgIpc) is 2.83. The molecular formula is C24H26O7. The van der Waals surface area contributed by atoms with Gasteiger partial charge in [-0.25, -0.2) is 0 Å². The lowest BCUT2D eigenvalue weighted by molar-refractivity contribution is -0.189. The number of benzene rings is 1. The number of carbonyl (C=O) groups excluding carboxylic acids is 2. The number of carbonyl (C=O) groups is 2. The Bertz CT molecular complexity index is 1110. The summed E-state index contributed by atoms with van der Waals surface area (Å²) < 4.78 is 18.9. The number of ketones is 2. The van der Waals surface area contributed by atoms with E-state index in [9.17, 15) is 19.8 Å². The normalized spacial score (nSPS) is 36.4. The molecule has 4 atom stereocenters. The summed E-state index contributed by atoms with van der Waals surface area (Å²) in [5.41, 5.74) is -3.73. The topological polar surface area (TPSA) is 102 Å². The maximum absolute atomic E-state index is 14.0. The molecule has 1 spiro atoms. The number of rotatable bonds is 3. The second-order valence-electron chi connectivity index (χ2n) is 9.76. The van der Waals surface area contributed by atoms with Crippen LogP contribution in [0.3, 0.4) is 0 Å². The van der Waals surface area contributed by atoms with Crippen molar-refractivity contribution in [3.63, 3.8) is 0 Å². The molecule has 2 heterocycles. The molecule has 7 nitrogen and oxygen atoms in total. The van der Waals surface area contributed by atoms with Crippen molar-refractivity contribution in [2.75, 3.05) is 7.11 Å². The van der Waals surface area contributed by atoms with Crippen LogP contribution in [0.5, 0.6) is 17.2 Å². The average molecular weight is 426 g/mol. The van der Waals surface area contributed by atoms with E-state index in [0.29, 0.717) is 6.42 Å². The zero-order chi connectivity index (χ0) is 22.6. The SMILES string of the molecule is CO[C@]12C=C3C(=O)c4c(O)cc(O)cc4O[C@]34[C@H](C1)C(C)(C)O[C@]4(CC=C(C)C)C2=O. The van der Waals surface area contributed by atoms with Crippen LogP contribution in [0.15, 0.2) is 35.4 Å². The molecule has 0 amide bonds. The van der Waals surface area contributed by atoms with Gasteiger partial charge in [-0.3, -0.25) is 9.59 Å². The Morgan fingerprint density at radius 2 is 1.97 bits per heavy atom. The van der Waals surface area contributed by atoms with E-state index in [0.717, 1.165) is 11.6 Å². The van der Waals surface area contributed by atoms with Crippen LogP contribution in [-0.2, 0) is 14.3 Å². The number of phenols is 2. The molecule has 1 saturated carbocycles. The fourth-order valence-electron chi connectivity index (χ4n) is 6.09. The molecule has 6 rings (SSSR count). The summed E-state index contributed by atoms with van der Waals surface area (Å²) in [6, 6.07) is 2.40. The van der Waals surface area contributed by atoms with Gasteiger partial charge in [-0.15, -0.1) is 0 Å². The molecule has 7 heteroatoms.